The van der Waals surface area contributed by atoms with Crippen molar-refractivity contribution in [2.24, 2.45) is 0 Å². The highest BCUT2D eigenvalue weighted by Crippen LogP contribution is 2.18. The lowest BCUT2D eigenvalue weighted by molar-refractivity contribution is -0.116. The zero-order valence-electron chi connectivity index (χ0n) is 15.8. The Balaban J connectivity index is 1.55. The molecule has 0 heterocycles. The van der Waals surface area contributed by atoms with Gasteiger partial charge in [0.25, 0.3) is 10.0 Å². The molecule has 0 aromatic heterocycles. The molecule has 1 amide bonds. The van der Waals surface area contributed by atoms with Crippen molar-refractivity contribution in [3.8, 4) is 0 Å². The molecule has 0 fully saturated rings. The van der Waals surface area contributed by atoms with E-state index in [9.17, 15) is 22.4 Å². The average Bonchev–Trinajstić information content (AvgIpc) is 2.73. The average molecular weight is 426 g/mol. The predicted octanol–water partition coefficient (Wildman–Crippen LogP) is 4.23. The van der Waals surface area contributed by atoms with Gasteiger partial charge >= 0.3 is 0 Å². The van der Waals surface area contributed by atoms with E-state index in [1.807, 2.05) is 0 Å². The Morgan fingerprint density at radius 3 is 2.03 bits per heavy atom. The summed E-state index contributed by atoms with van der Waals surface area (Å²) < 4.78 is 40.2. The maximum atomic E-state index is 12.9. The van der Waals surface area contributed by atoms with E-state index in [0.717, 1.165) is 0 Å². The normalized spacial score (nSPS) is 11.0. The summed E-state index contributed by atoms with van der Waals surface area (Å²) in [5.41, 5.74) is 1.19. The number of rotatable bonds is 8. The van der Waals surface area contributed by atoms with Crippen LogP contribution in [0, 0.1) is 5.82 Å². The molecule has 0 atom stereocenters. The molecule has 0 aliphatic rings. The quantitative estimate of drug-likeness (QED) is 0.527. The number of sulfonamides is 1. The Bertz CT molecular complexity index is 1130. The highest BCUT2D eigenvalue weighted by molar-refractivity contribution is 7.92. The van der Waals surface area contributed by atoms with Crippen molar-refractivity contribution < 1.29 is 22.4 Å². The monoisotopic (exact) mass is 426 g/mol. The number of para-hydroxylation sites is 1. The Hall–Kier alpha value is -3.52. The van der Waals surface area contributed by atoms with Gasteiger partial charge in [0, 0.05) is 29.8 Å². The number of hydrogen-bond donors (Lipinski definition) is 2. The van der Waals surface area contributed by atoms with E-state index in [1.54, 1.807) is 30.3 Å². The Kier molecular flexibility index (Phi) is 6.58. The number of carbonyl (C=O) groups excluding carboxylic acids is 2. The molecular weight excluding hydrogens is 407 g/mol. The van der Waals surface area contributed by atoms with Gasteiger partial charge < -0.3 is 5.32 Å². The molecule has 0 bridgehead atoms. The minimum Gasteiger partial charge on any atom is -0.326 e. The molecule has 0 saturated carbocycles. The first-order valence-electron chi connectivity index (χ1n) is 9.10. The summed E-state index contributed by atoms with van der Waals surface area (Å²) in [7, 11) is -3.75. The zero-order valence-corrected chi connectivity index (χ0v) is 16.7. The van der Waals surface area contributed by atoms with Crippen molar-refractivity contribution in [1.29, 1.82) is 0 Å². The van der Waals surface area contributed by atoms with E-state index in [-0.39, 0.29) is 29.4 Å². The third kappa shape index (κ3) is 5.74. The first-order valence-corrected chi connectivity index (χ1v) is 10.6. The molecule has 3 aromatic rings. The summed E-state index contributed by atoms with van der Waals surface area (Å²) in [4.78, 5) is 24.2. The molecule has 154 valence electrons. The predicted molar refractivity (Wildman–Crippen MR) is 112 cm³/mol. The maximum absolute atomic E-state index is 12.9. The number of hydrogen-bond acceptors (Lipinski definition) is 4. The summed E-state index contributed by atoms with van der Waals surface area (Å²) >= 11 is 0. The van der Waals surface area contributed by atoms with Gasteiger partial charge in [-0.25, -0.2) is 12.8 Å². The van der Waals surface area contributed by atoms with E-state index in [4.69, 9.17) is 0 Å². The summed E-state index contributed by atoms with van der Waals surface area (Å²) in [5.74, 6) is -1.09. The van der Waals surface area contributed by atoms with Crippen LogP contribution in [-0.4, -0.2) is 20.1 Å². The van der Waals surface area contributed by atoms with Crippen LogP contribution in [0.1, 0.15) is 23.2 Å². The summed E-state index contributed by atoms with van der Waals surface area (Å²) in [6.45, 7) is 0. The Labute approximate surface area is 173 Å². The van der Waals surface area contributed by atoms with Crippen LogP contribution >= 0.6 is 0 Å². The lowest BCUT2D eigenvalue weighted by atomic mass is 10.1. The molecule has 8 heteroatoms. The standard InChI is InChI=1S/C22H19FN2O4S/c23-17-8-6-16(7-9-17)21(26)14-15-22(27)24-18-10-12-20(13-11-18)30(28,29)25-19-4-2-1-3-5-19/h1-13,25H,14-15H2,(H,24,27). The number of benzene rings is 3. The minimum atomic E-state index is -3.75. The molecule has 6 nitrogen and oxygen atoms in total. The summed E-state index contributed by atoms with van der Waals surface area (Å²) in [6, 6.07) is 19.3. The summed E-state index contributed by atoms with van der Waals surface area (Å²) in [5, 5.41) is 2.62. The van der Waals surface area contributed by atoms with Gasteiger partial charge in [-0.05, 0) is 60.7 Å². The van der Waals surface area contributed by atoms with Crippen LogP contribution in [0.3, 0.4) is 0 Å². The van der Waals surface area contributed by atoms with Gasteiger partial charge in [-0.15, -0.1) is 0 Å². The van der Waals surface area contributed by atoms with E-state index >= 15 is 0 Å². The molecule has 0 aliphatic heterocycles. The second kappa shape index (κ2) is 9.32. The lowest BCUT2D eigenvalue weighted by Crippen LogP contribution is -2.15. The van der Waals surface area contributed by atoms with Crippen molar-refractivity contribution in [2.75, 3.05) is 10.0 Å². The van der Waals surface area contributed by atoms with Gasteiger partial charge in [-0.1, -0.05) is 18.2 Å². The molecule has 0 aliphatic carbocycles. The van der Waals surface area contributed by atoms with Gasteiger partial charge in [0.15, 0.2) is 5.78 Å². The molecular formula is C22H19FN2O4S. The number of carbonyl (C=O) groups is 2. The van der Waals surface area contributed by atoms with E-state index < -0.39 is 15.8 Å². The Morgan fingerprint density at radius 2 is 1.40 bits per heavy atom. The fraction of sp³-hybridized carbons (Fsp3) is 0.0909. The summed E-state index contributed by atoms with van der Waals surface area (Å²) in [6.07, 6.45) is -0.0727. The van der Waals surface area contributed by atoms with Gasteiger partial charge in [-0.3, -0.25) is 14.3 Å². The van der Waals surface area contributed by atoms with Crippen LogP contribution in [0.15, 0.2) is 83.8 Å². The van der Waals surface area contributed by atoms with Crippen molar-refractivity contribution >= 4 is 33.1 Å². The van der Waals surface area contributed by atoms with Crippen molar-refractivity contribution in [2.45, 2.75) is 17.7 Å². The van der Waals surface area contributed by atoms with Crippen molar-refractivity contribution in [1.82, 2.24) is 0 Å². The van der Waals surface area contributed by atoms with Crippen molar-refractivity contribution in [3.05, 3.63) is 90.2 Å². The molecule has 3 rings (SSSR count). The van der Waals surface area contributed by atoms with Gasteiger partial charge in [0.05, 0.1) is 4.90 Å². The zero-order chi connectivity index (χ0) is 21.6. The first-order chi connectivity index (χ1) is 14.3. The van der Waals surface area contributed by atoms with Gasteiger partial charge in [0.2, 0.25) is 5.91 Å². The van der Waals surface area contributed by atoms with E-state index in [1.165, 1.54) is 48.5 Å². The number of ketones is 1. The van der Waals surface area contributed by atoms with Crippen LogP contribution in [0.4, 0.5) is 15.8 Å². The number of halogens is 1. The molecule has 0 unspecified atom stereocenters. The largest absolute Gasteiger partial charge is 0.326 e. The molecule has 3 aromatic carbocycles. The number of Topliss-reactive ketones (excluding diaryl/α,β-unsaturated/α-hetero) is 1. The van der Waals surface area contributed by atoms with Crippen LogP contribution in [-0.2, 0) is 14.8 Å². The molecule has 0 saturated heterocycles. The van der Waals surface area contributed by atoms with Crippen molar-refractivity contribution in [3.63, 3.8) is 0 Å². The fourth-order valence-electron chi connectivity index (χ4n) is 2.67. The molecule has 0 spiro atoms. The highest BCUT2D eigenvalue weighted by atomic mass is 32.2. The fourth-order valence-corrected chi connectivity index (χ4v) is 3.73. The second-order valence-electron chi connectivity index (χ2n) is 6.47. The molecule has 2 N–H and O–H groups in total. The highest BCUT2D eigenvalue weighted by Gasteiger charge is 2.15. The minimum absolute atomic E-state index is 0.0229. The molecule has 30 heavy (non-hydrogen) atoms. The lowest BCUT2D eigenvalue weighted by Gasteiger charge is -2.09. The van der Waals surface area contributed by atoms with Crippen LogP contribution < -0.4 is 10.0 Å². The van der Waals surface area contributed by atoms with E-state index in [0.29, 0.717) is 16.9 Å². The van der Waals surface area contributed by atoms with E-state index in [2.05, 4.69) is 10.0 Å². The smallest absolute Gasteiger partial charge is 0.261 e. The molecule has 0 radical (unpaired) electrons. The van der Waals surface area contributed by atoms with Gasteiger partial charge in [-0.2, -0.15) is 0 Å². The number of anilines is 2. The third-order valence-corrected chi connectivity index (χ3v) is 5.62. The first kappa shape index (κ1) is 21.2. The number of nitrogens with one attached hydrogen (secondary N) is 2. The third-order valence-electron chi connectivity index (χ3n) is 4.22. The topological polar surface area (TPSA) is 92.3 Å². The SMILES string of the molecule is O=C(CCC(=O)c1ccc(F)cc1)Nc1ccc(S(=O)(=O)Nc2ccccc2)cc1. The Morgan fingerprint density at radius 1 is 0.767 bits per heavy atom. The van der Waals surface area contributed by atoms with Gasteiger partial charge in [0.1, 0.15) is 5.82 Å². The van der Waals surface area contributed by atoms with Crippen LogP contribution in [0.2, 0.25) is 0 Å². The maximum Gasteiger partial charge on any atom is 0.261 e. The second-order valence-corrected chi connectivity index (χ2v) is 8.16. The van der Waals surface area contributed by atoms with Crippen LogP contribution in [0.25, 0.3) is 0 Å². The number of amides is 1. The van der Waals surface area contributed by atoms with Crippen LogP contribution in [0.5, 0.6) is 0 Å².